The Labute approximate surface area is 121 Å². The van der Waals surface area contributed by atoms with E-state index in [4.69, 9.17) is 17.4 Å². The molecular weight excluding hydrogens is 272 g/mol. The molecule has 0 aliphatic rings. The quantitative estimate of drug-likeness (QED) is 0.558. The number of nitrogens with one attached hydrogen (secondary N) is 1. The predicted molar refractivity (Wildman–Crippen MR) is 82.5 cm³/mol. The first-order chi connectivity index (χ1) is 9.67. The van der Waals surface area contributed by atoms with Crippen LogP contribution in [0.5, 0.6) is 0 Å². The second-order valence-corrected chi connectivity index (χ2v) is 5.00. The van der Waals surface area contributed by atoms with Crippen LogP contribution in [0.2, 0.25) is 5.02 Å². The second-order valence-electron chi connectivity index (χ2n) is 4.57. The zero-order valence-electron chi connectivity index (χ0n) is 10.9. The number of nitrogen functional groups attached to an aromatic ring is 1. The van der Waals surface area contributed by atoms with Gasteiger partial charge in [-0.1, -0.05) is 41.4 Å². The third kappa shape index (κ3) is 2.31. The van der Waals surface area contributed by atoms with Crippen molar-refractivity contribution in [2.24, 2.45) is 5.84 Å². The smallest absolute Gasteiger partial charge is 0.162 e. The highest BCUT2D eigenvalue weighted by molar-refractivity contribution is 6.31. The number of fused-ring (bicyclic) bond motifs is 1. The first kappa shape index (κ1) is 12.8. The van der Waals surface area contributed by atoms with Crippen LogP contribution in [0.25, 0.3) is 22.3 Å². The molecule has 0 atom stereocenters. The van der Waals surface area contributed by atoms with Crippen LogP contribution in [-0.4, -0.2) is 9.97 Å². The van der Waals surface area contributed by atoms with Crippen LogP contribution in [-0.2, 0) is 0 Å². The van der Waals surface area contributed by atoms with Crippen LogP contribution in [0.15, 0.2) is 42.5 Å². The van der Waals surface area contributed by atoms with Gasteiger partial charge in [-0.05, 0) is 25.1 Å². The van der Waals surface area contributed by atoms with E-state index < -0.39 is 0 Å². The van der Waals surface area contributed by atoms with Gasteiger partial charge in [-0.25, -0.2) is 15.8 Å². The Bertz CT molecular complexity index is 769. The van der Waals surface area contributed by atoms with E-state index in [9.17, 15) is 0 Å². The number of hydrazine groups is 1. The van der Waals surface area contributed by atoms with Crippen LogP contribution in [0.1, 0.15) is 5.56 Å². The molecular formula is C15H13ClN4. The lowest BCUT2D eigenvalue weighted by molar-refractivity contribution is 1.19. The summed E-state index contributed by atoms with van der Waals surface area (Å²) in [6.07, 6.45) is 0. The Morgan fingerprint density at radius 1 is 1.05 bits per heavy atom. The van der Waals surface area contributed by atoms with Gasteiger partial charge in [-0.15, -0.1) is 0 Å². The van der Waals surface area contributed by atoms with Crippen molar-refractivity contribution in [2.45, 2.75) is 6.92 Å². The number of benzene rings is 2. The number of aryl methyl sites for hydroxylation is 1. The fraction of sp³-hybridized carbons (Fsp3) is 0.0667. The third-order valence-electron chi connectivity index (χ3n) is 3.10. The molecule has 3 N–H and O–H groups in total. The van der Waals surface area contributed by atoms with Gasteiger partial charge in [0.25, 0.3) is 0 Å². The van der Waals surface area contributed by atoms with Crippen LogP contribution in [0, 0.1) is 6.92 Å². The minimum Gasteiger partial charge on any atom is -0.308 e. The van der Waals surface area contributed by atoms with Gasteiger partial charge in [0, 0.05) is 16.0 Å². The Morgan fingerprint density at radius 3 is 2.50 bits per heavy atom. The topological polar surface area (TPSA) is 63.8 Å². The molecule has 0 radical (unpaired) electrons. The van der Waals surface area contributed by atoms with Crippen LogP contribution in [0.3, 0.4) is 0 Å². The third-order valence-corrected chi connectivity index (χ3v) is 3.34. The number of nitrogens with zero attached hydrogens (tertiary/aromatic N) is 2. The molecule has 0 spiro atoms. The zero-order valence-corrected chi connectivity index (χ0v) is 11.6. The van der Waals surface area contributed by atoms with Crippen molar-refractivity contribution in [1.82, 2.24) is 9.97 Å². The molecule has 100 valence electrons. The van der Waals surface area contributed by atoms with Crippen LogP contribution in [0.4, 0.5) is 5.82 Å². The van der Waals surface area contributed by atoms with Gasteiger partial charge in [0.05, 0.1) is 5.52 Å². The van der Waals surface area contributed by atoms with Gasteiger partial charge < -0.3 is 5.43 Å². The molecule has 4 nitrogen and oxygen atoms in total. The summed E-state index contributed by atoms with van der Waals surface area (Å²) in [5.74, 6) is 6.75. The lowest BCUT2D eigenvalue weighted by Gasteiger charge is -2.08. The average molecular weight is 285 g/mol. The van der Waals surface area contributed by atoms with E-state index in [2.05, 4.69) is 15.4 Å². The minimum absolute atomic E-state index is 0.563. The van der Waals surface area contributed by atoms with Crippen molar-refractivity contribution in [3.05, 3.63) is 53.1 Å². The van der Waals surface area contributed by atoms with E-state index in [1.54, 1.807) is 12.1 Å². The Kier molecular flexibility index (Phi) is 3.26. The highest BCUT2D eigenvalue weighted by atomic mass is 35.5. The zero-order chi connectivity index (χ0) is 14.1. The van der Waals surface area contributed by atoms with Crippen molar-refractivity contribution in [1.29, 1.82) is 0 Å². The SMILES string of the molecule is Cc1ccc(-c2nc(NN)c3cc(Cl)ccc3n2)cc1. The number of nitrogens with two attached hydrogens (primary N) is 1. The summed E-state index contributed by atoms with van der Waals surface area (Å²) in [6, 6.07) is 13.5. The molecule has 0 saturated heterocycles. The summed E-state index contributed by atoms with van der Waals surface area (Å²) < 4.78 is 0. The molecule has 0 bridgehead atoms. The standard InChI is InChI=1S/C15H13ClN4/c1-9-2-4-10(5-3-9)14-18-13-7-6-11(16)8-12(13)15(19-14)20-17/h2-8H,17H2,1H3,(H,18,19,20). The highest BCUT2D eigenvalue weighted by Gasteiger charge is 2.09. The van der Waals surface area contributed by atoms with Crippen molar-refractivity contribution < 1.29 is 0 Å². The molecule has 1 aromatic heterocycles. The Hall–Kier alpha value is -2.17. The molecule has 1 heterocycles. The van der Waals surface area contributed by atoms with Crippen molar-refractivity contribution >= 4 is 28.3 Å². The summed E-state index contributed by atoms with van der Waals surface area (Å²) in [7, 11) is 0. The highest BCUT2D eigenvalue weighted by Crippen LogP contribution is 2.26. The molecule has 0 amide bonds. The van der Waals surface area contributed by atoms with Crippen molar-refractivity contribution in [3.8, 4) is 11.4 Å². The van der Waals surface area contributed by atoms with Gasteiger partial charge in [-0.3, -0.25) is 0 Å². The molecule has 0 unspecified atom stereocenters. The maximum atomic E-state index is 6.00. The fourth-order valence-electron chi connectivity index (χ4n) is 2.04. The predicted octanol–water partition coefficient (Wildman–Crippen LogP) is 3.54. The Balaban J connectivity index is 2.22. The first-order valence-corrected chi connectivity index (χ1v) is 6.56. The summed E-state index contributed by atoms with van der Waals surface area (Å²) >= 11 is 6.00. The van der Waals surface area contributed by atoms with Gasteiger partial charge in [-0.2, -0.15) is 0 Å². The first-order valence-electron chi connectivity index (χ1n) is 6.18. The van der Waals surface area contributed by atoms with E-state index in [1.165, 1.54) is 5.56 Å². The molecule has 0 fully saturated rings. The number of halogens is 1. The molecule has 0 aliphatic carbocycles. The maximum Gasteiger partial charge on any atom is 0.162 e. The maximum absolute atomic E-state index is 6.00. The van der Waals surface area contributed by atoms with Gasteiger partial charge >= 0.3 is 0 Å². The van der Waals surface area contributed by atoms with Crippen molar-refractivity contribution in [3.63, 3.8) is 0 Å². The monoisotopic (exact) mass is 284 g/mol. The largest absolute Gasteiger partial charge is 0.308 e. The van der Waals surface area contributed by atoms with E-state index >= 15 is 0 Å². The molecule has 0 saturated carbocycles. The number of hydrogen-bond acceptors (Lipinski definition) is 4. The average Bonchev–Trinajstić information content (AvgIpc) is 2.47. The number of hydrogen-bond donors (Lipinski definition) is 2. The molecule has 20 heavy (non-hydrogen) atoms. The summed E-state index contributed by atoms with van der Waals surface area (Å²) in [6.45, 7) is 2.04. The van der Waals surface area contributed by atoms with Crippen molar-refractivity contribution in [2.75, 3.05) is 5.43 Å². The normalized spacial score (nSPS) is 10.8. The lowest BCUT2D eigenvalue weighted by atomic mass is 10.1. The fourth-order valence-corrected chi connectivity index (χ4v) is 2.21. The number of anilines is 1. The van der Waals surface area contributed by atoms with Gasteiger partial charge in [0.15, 0.2) is 11.6 Å². The minimum atomic E-state index is 0.563. The van der Waals surface area contributed by atoms with Crippen LogP contribution < -0.4 is 11.3 Å². The van der Waals surface area contributed by atoms with Gasteiger partial charge in [0.2, 0.25) is 0 Å². The summed E-state index contributed by atoms with van der Waals surface area (Å²) in [4.78, 5) is 9.01. The molecule has 5 heteroatoms. The van der Waals surface area contributed by atoms with E-state index in [0.29, 0.717) is 16.7 Å². The Morgan fingerprint density at radius 2 is 1.80 bits per heavy atom. The van der Waals surface area contributed by atoms with E-state index in [1.807, 2.05) is 37.3 Å². The molecule has 3 rings (SSSR count). The summed E-state index contributed by atoms with van der Waals surface area (Å²) in [5.41, 5.74) is 5.55. The van der Waals surface area contributed by atoms with Gasteiger partial charge in [0.1, 0.15) is 0 Å². The lowest BCUT2D eigenvalue weighted by Crippen LogP contribution is -2.10. The molecule has 3 aromatic rings. The number of rotatable bonds is 2. The van der Waals surface area contributed by atoms with E-state index in [-0.39, 0.29) is 0 Å². The molecule has 2 aromatic carbocycles. The summed E-state index contributed by atoms with van der Waals surface area (Å²) in [5, 5.41) is 1.43. The molecule has 0 aliphatic heterocycles. The second kappa shape index (κ2) is 5.07. The van der Waals surface area contributed by atoms with Crippen LogP contribution >= 0.6 is 11.6 Å². The van der Waals surface area contributed by atoms with E-state index in [0.717, 1.165) is 16.5 Å². The number of aromatic nitrogens is 2.